The number of hydrogen-bond donors (Lipinski definition) is 1. The molecule has 2 rings (SSSR count). The molecular weight excluding hydrogens is 210 g/mol. The average Bonchev–Trinajstić information content (AvgIpc) is 2.30. The van der Waals surface area contributed by atoms with Crippen molar-refractivity contribution in [1.29, 1.82) is 0 Å². The number of aryl methyl sites for hydroxylation is 1. The van der Waals surface area contributed by atoms with Crippen LogP contribution in [0, 0.1) is 6.92 Å². The fraction of sp³-hybridized carbons (Fsp3) is 0.214. The van der Waals surface area contributed by atoms with Gasteiger partial charge in [-0.15, -0.1) is 0 Å². The van der Waals surface area contributed by atoms with Crippen molar-refractivity contribution >= 4 is 11.5 Å². The maximum Gasteiger partial charge on any atom is 0.151 e. The Hall–Kier alpha value is -2.03. The maximum absolute atomic E-state index is 5.97. The van der Waals surface area contributed by atoms with Gasteiger partial charge in [0, 0.05) is 19.8 Å². The summed E-state index contributed by atoms with van der Waals surface area (Å²) in [6.45, 7) is 2.80. The lowest BCUT2D eigenvalue weighted by atomic mass is 10.2. The number of nitrogens with two attached hydrogens (primary N) is 1. The van der Waals surface area contributed by atoms with E-state index in [1.54, 1.807) is 0 Å². The van der Waals surface area contributed by atoms with Crippen LogP contribution in [0.25, 0.3) is 0 Å². The van der Waals surface area contributed by atoms with Gasteiger partial charge in [-0.05, 0) is 24.1 Å². The van der Waals surface area contributed by atoms with E-state index in [0.29, 0.717) is 0 Å². The van der Waals surface area contributed by atoms with Gasteiger partial charge in [-0.2, -0.15) is 0 Å². The van der Waals surface area contributed by atoms with Crippen molar-refractivity contribution in [3.8, 4) is 0 Å². The molecule has 0 atom stereocenters. The zero-order valence-electron chi connectivity index (χ0n) is 10.2. The molecule has 2 N–H and O–H groups in total. The molecule has 0 aliphatic carbocycles. The number of benzene rings is 1. The summed E-state index contributed by atoms with van der Waals surface area (Å²) in [7, 11) is 2.00. The monoisotopic (exact) mass is 227 g/mol. The van der Waals surface area contributed by atoms with Crippen molar-refractivity contribution in [2.24, 2.45) is 0 Å². The molecule has 0 saturated carbocycles. The highest BCUT2D eigenvalue weighted by molar-refractivity contribution is 5.63. The van der Waals surface area contributed by atoms with Crippen molar-refractivity contribution < 1.29 is 0 Å². The summed E-state index contributed by atoms with van der Waals surface area (Å²) in [4.78, 5) is 6.43. The minimum atomic E-state index is 0.725. The van der Waals surface area contributed by atoms with Crippen LogP contribution in [0.3, 0.4) is 0 Å². The number of pyridine rings is 1. The van der Waals surface area contributed by atoms with Gasteiger partial charge in [-0.25, -0.2) is 4.98 Å². The fourth-order valence-corrected chi connectivity index (χ4v) is 1.84. The van der Waals surface area contributed by atoms with E-state index in [-0.39, 0.29) is 0 Å². The zero-order chi connectivity index (χ0) is 12.3. The van der Waals surface area contributed by atoms with Gasteiger partial charge in [0.2, 0.25) is 0 Å². The number of anilines is 2. The van der Waals surface area contributed by atoms with Crippen LogP contribution in [-0.4, -0.2) is 12.0 Å². The second-order valence-electron chi connectivity index (χ2n) is 4.27. The van der Waals surface area contributed by atoms with E-state index in [1.807, 2.05) is 44.4 Å². The van der Waals surface area contributed by atoms with Crippen molar-refractivity contribution in [1.82, 2.24) is 4.98 Å². The zero-order valence-corrected chi connectivity index (χ0v) is 10.2. The van der Waals surface area contributed by atoms with E-state index >= 15 is 0 Å². The van der Waals surface area contributed by atoms with Gasteiger partial charge in [0.25, 0.3) is 0 Å². The van der Waals surface area contributed by atoms with Crippen LogP contribution in [-0.2, 0) is 6.54 Å². The van der Waals surface area contributed by atoms with E-state index < -0.39 is 0 Å². The number of aromatic nitrogens is 1. The SMILES string of the molecule is Cc1cnc(N(C)Cc2ccccc2)c(N)c1. The van der Waals surface area contributed by atoms with Gasteiger partial charge in [0.1, 0.15) is 0 Å². The molecule has 1 heterocycles. The van der Waals surface area contributed by atoms with Crippen molar-refractivity contribution in [3.63, 3.8) is 0 Å². The van der Waals surface area contributed by atoms with Gasteiger partial charge in [0.15, 0.2) is 5.82 Å². The van der Waals surface area contributed by atoms with Gasteiger partial charge in [-0.1, -0.05) is 30.3 Å². The second-order valence-corrected chi connectivity index (χ2v) is 4.27. The summed E-state index contributed by atoms with van der Waals surface area (Å²) in [5.74, 6) is 0.833. The summed E-state index contributed by atoms with van der Waals surface area (Å²) in [6.07, 6.45) is 1.84. The Morgan fingerprint density at radius 1 is 1.24 bits per heavy atom. The maximum atomic E-state index is 5.97. The molecule has 17 heavy (non-hydrogen) atoms. The van der Waals surface area contributed by atoms with Crippen molar-refractivity contribution in [3.05, 3.63) is 53.7 Å². The van der Waals surface area contributed by atoms with Crippen molar-refractivity contribution in [2.45, 2.75) is 13.5 Å². The summed E-state index contributed by atoms with van der Waals surface area (Å²) in [6, 6.07) is 12.2. The van der Waals surface area contributed by atoms with Crippen LogP contribution in [0.4, 0.5) is 11.5 Å². The highest BCUT2D eigenvalue weighted by atomic mass is 15.2. The predicted octanol–water partition coefficient (Wildman–Crippen LogP) is 2.61. The van der Waals surface area contributed by atoms with Gasteiger partial charge < -0.3 is 10.6 Å². The average molecular weight is 227 g/mol. The third-order valence-corrected chi connectivity index (χ3v) is 2.66. The van der Waals surface area contributed by atoms with Crippen LogP contribution in [0.5, 0.6) is 0 Å². The predicted molar refractivity (Wildman–Crippen MR) is 71.9 cm³/mol. The first-order valence-corrected chi connectivity index (χ1v) is 5.64. The summed E-state index contributed by atoms with van der Waals surface area (Å²) in [5, 5.41) is 0. The first-order valence-electron chi connectivity index (χ1n) is 5.64. The van der Waals surface area contributed by atoms with Crippen LogP contribution >= 0.6 is 0 Å². The molecule has 0 radical (unpaired) electrons. The molecule has 0 saturated heterocycles. The summed E-state index contributed by atoms with van der Waals surface area (Å²) >= 11 is 0. The van der Waals surface area contributed by atoms with Crippen LogP contribution < -0.4 is 10.6 Å². The molecule has 0 bridgehead atoms. The van der Waals surface area contributed by atoms with Gasteiger partial charge in [0.05, 0.1) is 5.69 Å². The van der Waals surface area contributed by atoms with E-state index in [9.17, 15) is 0 Å². The molecule has 3 heteroatoms. The Balaban J connectivity index is 2.17. The number of rotatable bonds is 3. The molecule has 88 valence electrons. The number of hydrogen-bond acceptors (Lipinski definition) is 3. The summed E-state index contributed by atoms with van der Waals surface area (Å²) < 4.78 is 0. The molecule has 0 aliphatic heterocycles. The Bertz CT molecular complexity index is 494. The Kier molecular flexibility index (Phi) is 3.28. The molecule has 0 aliphatic rings. The van der Waals surface area contributed by atoms with Gasteiger partial charge in [-0.3, -0.25) is 0 Å². The molecule has 3 nitrogen and oxygen atoms in total. The van der Waals surface area contributed by atoms with Crippen LogP contribution in [0.1, 0.15) is 11.1 Å². The van der Waals surface area contributed by atoms with Crippen LogP contribution in [0.15, 0.2) is 42.6 Å². The molecule has 1 aromatic heterocycles. The molecule has 1 aromatic carbocycles. The summed E-state index contributed by atoms with van der Waals surface area (Å²) in [5.41, 5.74) is 9.03. The van der Waals surface area contributed by atoms with E-state index in [0.717, 1.165) is 23.6 Å². The Labute approximate surface area is 102 Å². The quantitative estimate of drug-likeness (QED) is 0.876. The van der Waals surface area contributed by atoms with E-state index in [4.69, 9.17) is 5.73 Å². The highest BCUT2D eigenvalue weighted by Crippen LogP contribution is 2.21. The minimum Gasteiger partial charge on any atom is -0.396 e. The first kappa shape index (κ1) is 11.5. The molecular formula is C14H17N3. The third kappa shape index (κ3) is 2.75. The number of nitrogens with zero attached hydrogens (tertiary/aromatic N) is 2. The smallest absolute Gasteiger partial charge is 0.151 e. The molecule has 0 spiro atoms. The molecule has 0 amide bonds. The second kappa shape index (κ2) is 4.87. The Morgan fingerprint density at radius 3 is 2.59 bits per heavy atom. The first-order chi connectivity index (χ1) is 8.16. The molecule has 0 unspecified atom stereocenters. The van der Waals surface area contributed by atoms with Crippen molar-refractivity contribution in [2.75, 3.05) is 17.7 Å². The lowest BCUT2D eigenvalue weighted by Crippen LogP contribution is -2.19. The lowest BCUT2D eigenvalue weighted by Gasteiger charge is -2.20. The largest absolute Gasteiger partial charge is 0.396 e. The normalized spacial score (nSPS) is 10.2. The fourth-order valence-electron chi connectivity index (χ4n) is 1.84. The molecule has 0 fully saturated rings. The molecule has 2 aromatic rings. The lowest BCUT2D eigenvalue weighted by molar-refractivity contribution is 0.899. The standard InChI is InChI=1S/C14H17N3/c1-11-8-13(15)14(16-9-11)17(2)10-12-6-4-3-5-7-12/h3-9H,10,15H2,1-2H3. The minimum absolute atomic E-state index is 0.725. The number of nitrogen functional groups attached to an aromatic ring is 1. The van der Waals surface area contributed by atoms with Crippen LogP contribution in [0.2, 0.25) is 0 Å². The van der Waals surface area contributed by atoms with E-state index in [2.05, 4.69) is 22.0 Å². The Morgan fingerprint density at radius 2 is 1.94 bits per heavy atom. The van der Waals surface area contributed by atoms with E-state index in [1.165, 1.54) is 5.56 Å². The topological polar surface area (TPSA) is 42.2 Å². The highest BCUT2D eigenvalue weighted by Gasteiger charge is 2.07. The van der Waals surface area contributed by atoms with Gasteiger partial charge >= 0.3 is 0 Å². The third-order valence-electron chi connectivity index (χ3n) is 2.66.